The Balaban J connectivity index is 2.44. The lowest BCUT2D eigenvalue weighted by Crippen LogP contribution is -2.51. The second-order valence-electron chi connectivity index (χ2n) is 10.0. The Labute approximate surface area is 162 Å². The first kappa shape index (κ1) is 21.4. The van der Waals surface area contributed by atoms with Crippen molar-refractivity contribution in [1.82, 2.24) is 5.01 Å². The molecule has 26 heavy (non-hydrogen) atoms. The third-order valence-corrected chi connectivity index (χ3v) is 11.3. The number of fused-ring (bicyclic) bond motifs is 1. The van der Waals surface area contributed by atoms with Crippen LogP contribution < -0.4 is 0 Å². The molecule has 0 unspecified atom stereocenters. The van der Waals surface area contributed by atoms with Crippen LogP contribution in [-0.4, -0.2) is 39.2 Å². The van der Waals surface area contributed by atoms with E-state index in [1.165, 1.54) is 30.5 Å². The van der Waals surface area contributed by atoms with Gasteiger partial charge in [-0.25, -0.2) is 0 Å². The van der Waals surface area contributed by atoms with Crippen molar-refractivity contribution in [3.05, 3.63) is 23.8 Å². The van der Waals surface area contributed by atoms with Gasteiger partial charge in [-0.2, -0.15) is 5.10 Å². The molecule has 2 aliphatic carbocycles. The maximum atomic E-state index is 6.99. The molecule has 0 bridgehead atoms. The van der Waals surface area contributed by atoms with Crippen LogP contribution >= 0.6 is 0 Å². The van der Waals surface area contributed by atoms with Crippen molar-refractivity contribution in [1.29, 1.82) is 0 Å². The molecule has 0 saturated heterocycles. The molecule has 2 atom stereocenters. The monoisotopic (exact) mass is 376 g/mol. The van der Waals surface area contributed by atoms with Crippen molar-refractivity contribution < 1.29 is 4.43 Å². The van der Waals surface area contributed by atoms with E-state index in [0.29, 0.717) is 6.10 Å². The van der Waals surface area contributed by atoms with Crippen LogP contribution in [-0.2, 0) is 4.43 Å². The summed E-state index contributed by atoms with van der Waals surface area (Å²) in [6.07, 6.45) is 9.08. The van der Waals surface area contributed by atoms with Crippen LogP contribution in [0, 0.1) is 5.41 Å². The maximum Gasteiger partial charge on any atom is 0.192 e. The average molecular weight is 377 g/mol. The summed E-state index contributed by atoms with van der Waals surface area (Å²) in [5.41, 5.74) is 4.44. The first-order valence-electron chi connectivity index (χ1n) is 10.2. The number of hydrogen-bond donors (Lipinski definition) is 0. The largest absolute Gasteiger partial charge is 0.413 e. The van der Waals surface area contributed by atoms with Crippen LogP contribution in [0.15, 0.2) is 28.9 Å². The van der Waals surface area contributed by atoms with Crippen LogP contribution in [0.3, 0.4) is 0 Å². The second kappa shape index (κ2) is 7.63. The van der Waals surface area contributed by atoms with Crippen molar-refractivity contribution in [2.45, 2.75) is 90.5 Å². The smallest absolute Gasteiger partial charge is 0.192 e. The highest BCUT2D eigenvalue weighted by Gasteiger charge is 2.49. The van der Waals surface area contributed by atoms with Crippen LogP contribution in [0.1, 0.15) is 66.2 Å². The van der Waals surface area contributed by atoms with Crippen LogP contribution in [0.25, 0.3) is 0 Å². The van der Waals surface area contributed by atoms with Crippen LogP contribution in [0.4, 0.5) is 0 Å². The van der Waals surface area contributed by atoms with E-state index in [0.717, 1.165) is 19.3 Å². The van der Waals surface area contributed by atoms with Gasteiger partial charge in [0.15, 0.2) is 8.32 Å². The predicted molar refractivity (Wildman–Crippen MR) is 116 cm³/mol. The molecule has 2 rings (SSSR count). The summed E-state index contributed by atoms with van der Waals surface area (Å²) in [5, 5.41) is 7.00. The van der Waals surface area contributed by atoms with E-state index in [9.17, 15) is 0 Å². The Morgan fingerprint density at radius 1 is 1.31 bits per heavy atom. The Hall–Kier alpha value is -0.873. The van der Waals surface area contributed by atoms with E-state index in [-0.39, 0.29) is 10.5 Å². The van der Waals surface area contributed by atoms with Crippen molar-refractivity contribution >= 4 is 14.0 Å². The molecule has 1 fully saturated rings. The fourth-order valence-corrected chi connectivity index (χ4v) is 5.67. The molecule has 0 aromatic heterocycles. The first-order chi connectivity index (χ1) is 11.9. The van der Waals surface area contributed by atoms with E-state index in [2.05, 4.69) is 47.4 Å². The molecule has 3 nitrogen and oxygen atoms in total. The molecular weight excluding hydrogens is 336 g/mol. The topological polar surface area (TPSA) is 24.8 Å². The molecule has 0 spiro atoms. The number of rotatable bonds is 5. The molecule has 0 N–H and O–H groups in total. The lowest BCUT2D eigenvalue weighted by Gasteiger charge is -2.51. The SMILES string of the molecule is C=CCC1=C2CCC[C@H](O[Si](C)(C)C(C)(C)C)[C@@]2(C)CC/C1=N\N(C)C. The molecular formula is C22H40N2OSi. The summed E-state index contributed by atoms with van der Waals surface area (Å²) in [4.78, 5) is 0. The Morgan fingerprint density at radius 3 is 2.50 bits per heavy atom. The van der Waals surface area contributed by atoms with Crippen molar-refractivity contribution in [2.24, 2.45) is 10.5 Å². The number of hydrazone groups is 1. The van der Waals surface area contributed by atoms with Crippen molar-refractivity contribution in [3.63, 3.8) is 0 Å². The van der Waals surface area contributed by atoms with E-state index >= 15 is 0 Å². The number of nitrogens with zero attached hydrogens (tertiary/aromatic N) is 2. The third kappa shape index (κ3) is 4.17. The van der Waals surface area contributed by atoms with E-state index < -0.39 is 8.32 Å². The zero-order chi connectivity index (χ0) is 19.8. The molecule has 0 radical (unpaired) electrons. The fourth-order valence-electron chi connectivity index (χ4n) is 4.23. The van der Waals surface area contributed by atoms with E-state index in [1.807, 2.05) is 25.2 Å². The molecule has 1 saturated carbocycles. The Morgan fingerprint density at radius 2 is 1.96 bits per heavy atom. The van der Waals surface area contributed by atoms with Gasteiger partial charge in [0.25, 0.3) is 0 Å². The zero-order valence-electron chi connectivity index (χ0n) is 18.4. The minimum atomic E-state index is -1.78. The molecule has 0 aromatic carbocycles. The van der Waals surface area contributed by atoms with Gasteiger partial charge in [-0.1, -0.05) is 39.3 Å². The first-order valence-corrected chi connectivity index (χ1v) is 13.1. The molecule has 0 heterocycles. The summed E-state index contributed by atoms with van der Waals surface area (Å²) >= 11 is 0. The summed E-state index contributed by atoms with van der Waals surface area (Å²) in [6.45, 7) is 18.3. The summed E-state index contributed by atoms with van der Waals surface area (Å²) in [6, 6.07) is 0. The highest BCUT2D eigenvalue weighted by Crippen LogP contribution is 2.52. The normalized spacial score (nSPS) is 28.9. The van der Waals surface area contributed by atoms with Gasteiger partial charge in [-0.15, -0.1) is 6.58 Å². The number of allylic oxidation sites excluding steroid dienone is 2. The average Bonchev–Trinajstić information content (AvgIpc) is 2.49. The summed E-state index contributed by atoms with van der Waals surface area (Å²) in [5.74, 6) is 0. The molecule has 148 valence electrons. The van der Waals surface area contributed by atoms with Crippen LogP contribution in [0.2, 0.25) is 18.1 Å². The predicted octanol–water partition coefficient (Wildman–Crippen LogP) is 6.15. The van der Waals surface area contributed by atoms with Crippen molar-refractivity contribution in [2.75, 3.05) is 14.1 Å². The van der Waals surface area contributed by atoms with E-state index in [1.54, 1.807) is 5.57 Å². The molecule has 0 aromatic rings. The van der Waals surface area contributed by atoms with Gasteiger partial charge in [-0.05, 0) is 62.2 Å². The molecule has 0 amide bonds. The van der Waals surface area contributed by atoms with Gasteiger partial charge in [-0.3, -0.25) is 0 Å². The Bertz CT molecular complexity index is 598. The summed E-state index contributed by atoms with van der Waals surface area (Å²) < 4.78 is 6.99. The maximum absolute atomic E-state index is 6.99. The lowest BCUT2D eigenvalue weighted by molar-refractivity contribution is 0.0393. The van der Waals surface area contributed by atoms with Gasteiger partial charge < -0.3 is 9.43 Å². The van der Waals surface area contributed by atoms with Gasteiger partial charge in [0, 0.05) is 19.5 Å². The van der Waals surface area contributed by atoms with Gasteiger partial charge in [0.05, 0.1) is 11.8 Å². The highest BCUT2D eigenvalue weighted by atomic mass is 28.4. The highest BCUT2D eigenvalue weighted by molar-refractivity contribution is 6.74. The standard InChI is InChI=1S/C22H40N2OSi/c1-10-12-17-18-13-11-14-20(25-26(8,9)21(2,3)4)22(18,5)16-15-19(17)23-24(6)7/h10,20H,1,11-16H2,2-9H3/b23-19+/t20-,22-/m0/s1. The van der Waals surface area contributed by atoms with Crippen LogP contribution in [0.5, 0.6) is 0 Å². The lowest BCUT2D eigenvalue weighted by atomic mass is 9.61. The second-order valence-corrected chi connectivity index (χ2v) is 14.8. The van der Waals surface area contributed by atoms with Gasteiger partial charge in [0.1, 0.15) is 0 Å². The Kier molecular flexibility index (Phi) is 6.29. The molecule has 4 heteroatoms. The summed E-state index contributed by atoms with van der Waals surface area (Å²) in [7, 11) is 2.25. The number of hydrogen-bond acceptors (Lipinski definition) is 3. The molecule has 0 aliphatic heterocycles. The fraction of sp³-hybridized carbons (Fsp3) is 0.773. The third-order valence-electron chi connectivity index (χ3n) is 6.80. The minimum absolute atomic E-state index is 0.150. The van der Waals surface area contributed by atoms with Gasteiger partial charge >= 0.3 is 0 Å². The quantitative estimate of drug-likeness (QED) is 0.326. The zero-order valence-corrected chi connectivity index (χ0v) is 19.4. The van der Waals surface area contributed by atoms with E-state index in [4.69, 9.17) is 9.53 Å². The molecule has 2 aliphatic rings. The minimum Gasteiger partial charge on any atom is -0.413 e. The van der Waals surface area contributed by atoms with Gasteiger partial charge in [0.2, 0.25) is 0 Å². The van der Waals surface area contributed by atoms with Crippen molar-refractivity contribution in [3.8, 4) is 0 Å².